The first-order chi connectivity index (χ1) is 6.61. The van der Waals surface area contributed by atoms with E-state index in [0.29, 0.717) is 6.54 Å². The van der Waals surface area contributed by atoms with Crippen LogP contribution in [0.3, 0.4) is 0 Å². The Labute approximate surface area is 80.4 Å². The maximum atomic E-state index is 11.9. The van der Waals surface area contributed by atoms with Crippen molar-refractivity contribution < 1.29 is 13.9 Å². The van der Waals surface area contributed by atoms with Gasteiger partial charge in [-0.1, -0.05) is 0 Å². The quantitative estimate of drug-likeness (QED) is 0.653. The molecule has 0 saturated carbocycles. The van der Waals surface area contributed by atoms with Crippen molar-refractivity contribution >= 4 is 0 Å². The van der Waals surface area contributed by atoms with Gasteiger partial charge >= 0.3 is 0 Å². The summed E-state index contributed by atoms with van der Waals surface area (Å²) in [5, 5.41) is 11.5. The van der Waals surface area contributed by atoms with Gasteiger partial charge in [-0.3, -0.25) is 0 Å². The van der Waals surface area contributed by atoms with Gasteiger partial charge in [0.2, 0.25) is 0 Å². The van der Waals surface area contributed by atoms with Gasteiger partial charge in [0, 0.05) is 18.8 Å². The predicted octanol–water partition coefficient (Wildman–Crippen LogP) is 0.434. The zero-order valence-corrected chi connectivity index (χ0v) is 7.80. The molecule has 0 aliphatic heterocycles. The van der Waals surface area contributed by atoms with Gasteiger partial charge in [0.25, 0.3) is 6.43 Å². The molecule has 1 atom stereocenters. The molecule has 1 heterocycles. The SMILES string of the molecule is Cc1[nH]cnc1CNCC(O)C(F)F. The van der Waals surface area contributed by atoms with Crippen molar-refractivity contribution in [1.29, 1.82) is 0 Å². The first kappa shape index (κ1) is 11.1. The summed E-state index contributed by atoms with van der Waals surface area (Å²) < 4.78 is 23.7. The van der Waals surface area contributed by atoms with Crippen molar-refractivity contribution in [2.24, 2.45) is 0 Å². The lowest BCUT2D eigenvalue weighted by Crippen LogP contribution is -2.31. The normalized spacial score (nSPS) is 13.5. The topological polar surface area (TPSA) is 60.9 Å². The van der Waals surface area contributed by atoms with Crippen LogP contribution >= 0.6 is 0 Å². The van der Waals surface area contributed by atoms with Crippen molar-refractivity contribution in [3.05, 3.63) is 17.7 Å². The highest BCUT2D eigenvalue weighted by molar-refractivity contribution is 5.07. The largest absolute Gasteiger partial charge is 0.386 e. The Morgan fingerprint density at radius 2 is 2.36 bits per heavy atom. The van der Waals surface area contributed by atoms with Gasteiger partial charge in [0.05, 0.1) is 12.0 Å². The van der Waals surface area contributed by atoms with Crippen LogP contribution in [0.15, 0.2) is 6.33 Å². The van der Waals surface area contributed by atoms with Crippen LogP contribution in [0.2, 0.25) is 0 Å². The van der Waals surface area contributed by atoms with Crippen LogP contribution in [0.5, 0.6) is 0 Å². The molecular formula is C8H13F2N3O. The molecule has 4 nitrogen and oxygen atoms in total. The molecule has 1 unspecified atom stereocenters. The molecule has 0 bridgehead atoms. The van der Waals surface area contributed by atoms with Crippen LogP contribution in [-0.2, 0) is 6.54 Å². The second kappa shape index (κ2) is 5.02. The minimum atomic E-state index is -2.71. The van der Waals surface area contributed by atoms with Crippen molar-refractivity contribution in [1.82, 2.24) is 15.3 Å². The number of nitrogens with zero attached hydrogens (tertiary/aromatic N) is 1. The number of nitrogens with one attached hydrogen (secondary N) is 2. The Morgan fingerprint density at radius 3 is 2.86 bits per heavy atom. The van der Waals surface area contributed by atoms with Crippen molar-refractivity contribution in [3.8, 4) is 0 Å². The number of aliphatic hydroxyl groups is 1. The molecule has 1 aromatic rings. The molecule has 0 amide bonds. The smallest absolute Gasteiger partial charge is 0.265 e. The number of aromatic nitrogens is 2. The Bertz CT molecular complexity index is 277. The molecule has 6 heteroatoms. The molecule has 3 N–H and O–H groups in total. The average Bonchev–Trinajstić information content (AvgIpc) is 2.51. The highest BCUT2D eigenvalue weighted by Crippen LogP contribution is 2.01. The number of alkyl halides is 2. The summed E-state index contributed by atoms with van der Waals surface area (Å²) in [4.78, 5) is 6.84. The van der Waals surface area contributed by atoms with E-state index in [1.165, 1.54) is 6.33 Å². The monoisotopic (exact) mass is 205 g/mol. The van der Waals surface area contributed by atoms with Crippen LogP contribution in [0.25, 0.3) is 0 Å². The summed E-state index contributed by atoms with van der Waals surface area (Å²) >= 11 is 0. The first-order valence-electron chi connectivity index (χ1n) is 4.27. The Hall–Kier alpha value is -1.01. The molecule has 0 radical (unpaired) electrons. The van der Waals surface area contributed by atoms with E-state index in [-0.39, 0.29) is 6.54 Å². The Balaban J connectivity index is 2.25. The maximum Gasteiger partial charge on any atom is 0.265 e. The number of hydrogen-bond donors (Lipinski definition) is 3. The molecule has 80 valence electrons. The van der Waals surface area contributed by atoms with Crippen molar-refractivity contribution in [2.75, 3.05) is 6.54 Å². The molecule has 14 heavy (non-hydrogen) atoms. The molecule has 1 aromatic heterocycles. The lowest BCUT2D eigenvalue weighted by Gasteiger charge is -2.09. The molecular weight excluding hydrogens is 192 g/mol. The number of H-pyrrole nitrogens is 1. The summed E-state index contributed by atoms with van der Waals surface area (Å²) in [7, 11) is 0. The molecule has 0 aliphatic rings. The van der Waals surface area contributed by atoms with Crippen molar-refractivity contribution in [2.45, 2.75) is 26.0 Å². The number of aromatic amines is 1. The van der Waals surface area contributed by atoms with E-state index in [9.17, 15) is 8.78 Å². The second-order valence-electron chi connectivity index (χ2n) is 3.01. The molecule has 0 aromatic carbocycles. The van der Waals surface area contributed by atoms with Gasteiger partial charge in [0.1, 0.15) is 6.10 Å². The molecule has 0 saturated heterocycles. The van der Waals surface area contributed by atoms with E-state index >= 15 is 0 Å². The lowest BCUT2D eigenvalue weighted by atomic mass is 10.3. The molecule has 0 fully saturated rings. The summed E-state index contributed by atoms with van der Waals surface area (Å²) in [5.41, 5.74) is 1.66. The number of halogens is 2. The van der Waals surface area contributed by atoms with E-state index in [1.807, 2.05) is 6.92 Å². The van der Waals surface area contributed by atoms with Crippen LogP contribution in [0.1, 0.15) is 11.4 Å². The van der Waals surface area contributed by atoms with Crippen LogP contribution in [-0.4, -0.2) is 34.1 Å². The third kappa shape index (κ3) is 3.04. The summed E-state index contributed by atoms with van der Waals surface area (Å²) in [6.45, 7) is 2.08. The van der Waals surface area contributed by atoms with Gasteiger partial charge in [-0.15, -0.1) is 0 Å². The van der Waals surface area contributed by atoms with Crippen LogP contribution < -0.4 is 5.32 Å². The predicted molar refractivity (Wildman–Crippen MR) is 47.0 cm³/mol. The van der Waals surface area contributed by atoms with E-state index in [1.54, 1.807) is 0 Å². The molecule has 0 aliphatic carbocycles. The lowest BCUT2D eigenvalue weighted by molar-refractivity contribution is -0.00344. The maximum absolute atomic E-state index is 11.9. The molecule has 0 spiro atoms. The fourth-order valence-corrected chi connectivity index (χ4v) is 0.993. The average molecular weight is 205 g/mol. The Kier molecular flexibility index (Phi) is 3.97. The van der Waals surface area contributed by atoms with Gasteiger partial charge in [-0.2, -0.15) is 0 Å². The van der Waals surface area contributed by atoms with E-state index in [4.69, 9.17) is 5.11 Å². The van der Waals surface area contributed by atoms with Gasteiger partial charge < -0.3 is 15.4 Å². The first-order valence-corrected chi connectivity index (χ1v) is 4.27. The summed E-state index contributed by atoms with van der Waals surface area (Å²) in [6, 6.07) is 0. The van der Waals surface area contributed by atoms with E-state index < -0.39 is 12.5 Å². The number of hydrogen-bond acceptors (Lipinski definition) is 3. The standard InChI is InChI=1S/C8H13F2N3O/c1-5-6(13-4-12-5)2-11-3-7(14)8(9)10/h4,7-8,11,14H,2-3H2,1H3,(H,12,13). The number of aliphatic hydroxyl groups excluding tert-OH is 1. The fraction of sp³-hybridized carbons (Fsp3) is 0.625. The third-order valence-electron chi connectivity index (χ3n) is 1.87. The number of imidazole rings is 1. The minimum absolute atomic E-state index is 0.135. The second-order valence-corrected chi connectivity index (χ2v) is 3.01. The van der Waals surface area contributed by atoms with E-state index in [0.717, 1.165) is 11.4 Å². The number of aryl methyl sites for hydroxylation is 1. The van der Waals surface area contributed by atoms with Gasteiger partial charge in [-0.05, 0) is 6.92 Å². The van der Waals surface area contributed by atoms with Gasteiger partial charge in [-0.25, -0.2) is 13.8 Å². The van der Waals surface area contributed by atoms with E-state index in [2.05, 4.69) is 15.3 Å². The molecule has 1 rings (SSSR count). The Morgan fingerprint density at radius 1 is 1.64 bits per heavy atom. The zero-order chi connectivity index (χ0) is 10.6. The minimum Gasteiger partial charge on any atom is -0.386 e. The summed E-state index contributed by atoms with van der Waals surface area (Å²) in [5.74, 6) is 0. The fourth-order valence-electron chi connectivity index (χ4n) is 0.993. The highest BCUT2D eigenvalue weighted by atomic mass is 19.3. The number of rotatable bonds is 5. The third-order valence-corrected chi connectivity index (χ3v) is 1.87. The van der Waals surface area contributed by atoms with Gasteiger partial charge in [0.15, 0.2) is 0 Å². The van der Waals surface area contributed by atoms with Crippen molar-refractivity contribution in [3.63, 3.8) is 0 Å². The van der Waals surface area contributed by atoms with Crippen LogP contribution in [0, 0.1) is 6.92 Å². The highest BCUT2D eigenvalue weighted by Gasteiger charge is 2.15. The summed E-state index contributed by atoms with van der Waals surface area (Å²) in [6.07, 6.45) is -2.78. The zero-order valence-electron chi connectivity index (χ0n) is 7.80. The van der Waals surface area contributed by atoms with Crippen LogP contribution in [0.4, 0.5) is 8.78 Å².